The van der Waals surface area contributed by atoms with Gasteiger partial charge in [-0.05, 0) is 24.5 Å². The number of halogens is 3. The fourth-order valence-electron chi connectivity index (χ4n) is 0.999. The highest BCUT2D eigenvalue weighted by Gasteiger charge is 2.06. The van der Waals surface area contributed by atoms with Crippen LogP contribution in [0.3, 0.4) is 0 Å². The zero-order chi connectivity index (χ0) is 8.97. The lowest BCUT2D eigenvalue weighted by Crippen LogP contribution is -1.94. The number of benzene rings is 1. The Kier molecular flexibility index (Phi) is 3.14. The summed E-state index contributed by atoms with van der Waals surface area (Å²) >= 11 is 0. The first-order chi connectivity index (χ1) is 5.75. The summed E-state index contributed by atoms with van der Waals surface area (Å²) in [6.07, 6.45) is 0.487. The lowest BCUT2D eigenvalue weighted by Gasteiger charge is -2.00. The van der Waals surface area contributed by atoms with Crippen molar-refractivity contribution < 1.29 is 13.2 Å². The van der Waals surface area contributed by atoms with Crippen molar-refractivity contribution in [3.63, 3.8) is 0 Å². The van der Waals surface area contributed by atoms with Crippen LogP contribution < -0.4 is 0 Å². The standard InChI is InChI=1S/C9H9F3/c10-6-2-4-7-3-1-5-8(11)9(7)12/h1,3,5H,2,4,6H2. The van der Waals surface area contributed by atoms with Gasteiger partial charge in [0.25, 0.3) is 0 Å². The van der Waals surface area contributed by atoms with E-state index < -0.39 is 18.3 Å². The molecule has 12 heavy (non-hydrogen) atoms. The molecule has 0 heterocycles. The van der Waals surface area contributed by atoms with Crippen molar-refractivity contribution in [3.8, 4) is 0 Å². The minimum Gasteiger partial charge on any atom is -0.251 e. The van der Waals surface area contributed by atoms with E-state index in [1.54, 1.807) is 0 Å². The Morgan fingerprint density at radius 1 is 1.17 bits per heavy atom. The smallest absolute Gasteiger partial charge is 0.162 e. The van der Waals surface area contributed by atoms with Crippen LogP contribution in [0.15, 0.2) is 18.2 Å². The second-order valence-electron chi connectivity index (χ2n) is 2.51. The quantitative estimate of drug-likeness (QED) is 0.661. The lowest BCUT2D eigenvalue weighted by molar-refractivity contribution is 0.460. The fraction of sp³-hybridized carbons (Fsp3) is 0.333. The Bertz CT molecular complexity index is 258. The molecule has 0 spiro atoms. The summed E-state index contributed by atoms with van der Waals surface area (Å²) in [6.45, 7) is -0.504. The molecule has 0 aliphatic heterocycles. The maximum Gasteiger partial charge on any atom is 0.162 e. The Balaban J connectivity index is 2.78. The summed E-state index contributed by atoms with van der Waals surface area (Å²) in [5.41, 5.74) is 0.243. The molecule has 1 aromatic rings. The second-order valence-corrected chi connectivity index (χ2v) is 2.51. The number of hydrogen-bond donors (Lipinski definition) is 0. The van der Waals surface area contributed by atoms with E-state index in [1.807, 2.05) is 0 Å². The molecule has 0 saturated heterocycles. The number of hydrogen-bond acceptors (Lipinski definition) is 0. The first-order valence-electron chi connectivity index (χ1n) is 3.74. The molecule has 0 atom stereocenters. The third-order valence-electron chi connectivity index (χ3n) is 1.61. The Labute approximate surface area is 69.0 Å². The van der Waals surface area contributed by atoms with Crippen molar-refractivity contribution in [2.45, 2.75) is 12.8 Å². The van der Waals surface area contributed by atoms with Crippen molar-refractivity contribution in [3.05, 3.63) is 35.4 Å². The predicted octanol–water partition coefficient (Wildman–Crippen LogP) is 2.87. The van der Waals surface area contributed by atoms with E-state index in [0.717, 1.165) is 6.07 Å². The van der Waals surface area contributed by atoms with Crippen LogP contribution in [0, 0.1) is 11.6 Å². The van der Waals surface area contributed by atoms with Gasteiger partial charge >= 0.3 is 0 Å². The summed E-state index contributed by atoms with van der Waals surface area (Å²) in [5, 5.41) is 0. The molecule has 0 aliphatic rings. The first kappa shape index (κ1) is 9.10. The monoisotopic (exact) mass is 174 g/mol. The highest BCUT2D eigenvalue weighted by Crippen LogP contribution is 2.12. The Morgan fingerprint density at radius 3 is 2.58 bits per heavy atom. The molecule has 0 unspecified atom stereocenters. The Morgan fingerprint density at radius 2 is 1.92 bits per heavy atom. The van der Waals surface area contributed by atoms with Gasteiger partial charge < -0.3 is 0 Å². The third kappa shape index (κ3) is 2.00. The van der Waals surface area contributed by atoms with Crippen LogP contribution in [0.2, 0.25) is 0 Å². The molecule has 0 N–H and O–H groups in total. The van der Waals surface area contributed by atoms with Crippen LogP contribution >= 0.6 is 0 Å². The van der Waals surface area contributed by atoms with Gasteiger partial charge in [0, 0.05) is 0 Å². The van der Waals surface area contributed by atoms with Crippen molar-refractivity contribution in [1.82, 2.24) is 0 Å². The average molecular weight is 174 g/mol. The highest BCUT2D eigenvalue weighted by atomic mass is 19.2. The van der Waals surface area contributed by atoms with Crippen LogP contribution in [0.25, 0.3) is 0 Å². The van der Waals surface area contributed by atoms with Gasteiger partial charge in [-0.1, -0.05) is 12.1 Å². The first-order valence-corrected chi connectivity index (χ1v) is 3.74. The van der Waals surface area contributed by atoms with E-state index in [0.29, 0.717) is 0 Å². The van der Waals surface area contributed by atoms with E-state index >= 15 is 0 Å². The molecular formula is C9H9F3. The fourth-order valence-corrected chi connectivity index (χ4v) is 0.999. The van der Waals surface area contributed by atoms with Gasteiger partial charge in [-0.2, -0.15) is 0 Å². The molecule has 0 aliphatic carbocycles. The van der Waals surface area contributed by atoms with E-state index in [2.05, 4.69) is 0 Å². The van der Waals surface area contributed by atoms with Gasteiger partial charge in [0.15, 0.2) is 11.6 Å². The number of rotatable bonds is 3. The normalized spacial score (nSPS) is 10.2. The van der Waals surface area contributed by atoms with Crippen molar-refractivity contribution in [2.24, 2.45) is 0 Å². The molecule has 0 radical (unpaired) electrons. The van der Waals surface area contributed by atoms with Crippen LogP contribution in [0.5, 0.6) is 0 Å². The van der Waals surface area contributed by atoms with Gasteiger partial charge in [0.1, 0.15) is 0 Å². The second kappa shape index (κ2) is 4.14. The highest BCUT2D eigenvalue weighted by molar-refractivity contribution is 5.18. The van der Waals surface area contributed by atoms with E-state index in [1.165, 1.54) is 12.1 Å². The maximum absolute atomic E-state index is 12.8. The molecule has 3 heteroatoms. The molecule has 0 amide bonds. The Hall–Kier alpha value is -0.990. The summed E-state index contributed by atoms with van der Waals surface area (Å²) in [7, 11) is 0. The van der Waals surface area contributed by atoms with E-state index in [4.69, 9.17) is 0 Å². The largest absolute Gasteiger partial charge is 0.251 e. The average Bonchev–Trinajstić information content (AvgIpc) is 2.08. The molecular weight excluding hydrogens is 165 g/mol. The van der Waals surface area contributed by atoms with Gasteiger partial charge in [0.05, 0.1) is 6.67 Å². The van der Waals surface area contributed by atoms with Crippen LogP contribution in [-0.4, -0.2) is 6.67 Å². The lowest BCUT2D eigenvalue weighted by atomic mass is 10.1. The minimum absolute atomic E-state index is 0.236. The maximum atomic E-state index is 12.8. The van der Waals surface area contributed by atoms with Crippen LogP contribution in [0.4, 0.5) is 13.2 Å². The number of aryl methyl sites for hydroxylation is 1. The van der Waals surface area contributed by atoms with Gasteiger partial charge in [-0.15, -0.1) is 0 Å². The number of alkyl halides is 1. The summed E-state index contributed by atoms with van der Waals surface area (Å²) in [5.74, 6) is -1.72. The molecule has 0 bridgehead atoms. The van der Waals surface area contributed by atoms with Crippen molar-refractivity contribution in [1.29, 1.82) is 0 Å². The summed E-state index contributed by atoms with van der Waals surface area (Å²) < 4.78 is 37.1. The van der Waals surface area contributed by atoms with Crippen molar-refractivity contribution in [2.75, 3.05) is 6.67 Å². The zero-order valence-electron chi connectivity index (χ0n) is 6.49. The van der Waals surface area contributed by atoms with Crippen LogP contribution in [0.1, 0.15) is 12.0 Å². The SMILES string of the molecule is FCCCc1cccc(F)c1F. The summed E-state index contributed by atoms with van der Waals surface area (Å²) in [6, 6.07) is 3.94. The molecule has 1 aromatic carbocycles. The predicted molar refractivity (Wildman–Crippen MR) is 40.7 cm³/mol. The molecule has 66 valence electrons. The molecule has 0 aromatic heterocycles. The molecule has 0 fully saturated rings. The van der Waals surface area contributed by atoms with Crippen molar-refractivity contribution >= 4 is 0 Å². The molecule has 0 nitrogen and oxygen atoms in total. The molecule has 0 saturated carbocycles. The zero-order valence-corrected chi connectivity index (χ0v) is 6.49. The van der Waals surface area contributed by atoms with Gasteiger partial charge in [-0.3, -0.25) is 4.39 Å². The van der Waals surface area contributed by atoms with Gasteiger partial charge in [-0.25, -0.2) is 8.78 Å². The third-order valence-corrected chi connectivity index (χ3v) is 1.61. The van der Waals surface area contributed by atoms with E-state index in [9.17, 15) is 13.2 Å². The summed E-state index contributed by atoms with van der Waals surface area (Å²) in [4.78, 5) is 0. The van der Waals surface area contributed by atoms with Crippen LogP contribution in [-0.2, 0) is 6.42 Å². The minimum atomic E-state index is -0.869. The van der Waals surface area contributed by atoms with E-state index in [-0.39, 0.29) is 18.4 Å². The van der Waals surface area contributed by atoms with Gasteiger partial charge in [0.2, 0.25) is 0 Å². The topological polar surface area (TPSA) is 0 Å². The molecule has 1 rings (SSSR count).